The predicted octanol–water partition coefficient (Wildman–Crippen LogP) is 7.50. The second-order valence-corrected chi connectivity index (χ2v) is 7.77. The maximum atomic E-state index is 12.9. The second kappa shape index (κ2) is 15.1. The van der Waals surface area contributed by atoms with Crippen molar-refractivity contribution in [2.45, 2.75) is 90.9 Å². The zero-order valence-corrected chi connectivity index (χ0v) is 17.7. The summed E-state index contributed by atoms with van der Waals surface area (Å²) in [7, 11) is 0. The fraction of sp³-hybridized carbons (Fsp3) is 0.696. The van der Waals surface area contributed by atoms with Crippen LogP contribution in [0.1, 0.15) is 101 Å². The molecule has 26 heavy (non-hydrogen) atoms. The molecule has 0 saturated carbocycles. The number of amides is 1. The largest absolute Gasteiger partial charge is 0.339 e. The average molecular weight is 380 g/mol. The summed E-state index contributed by atoms with van der Waals surface area (Å²) in [6.07, 6.45) is 15.1. The molecule has 0 unspecified atom stereocenters. The molecule has 0 radical (unpaired) electrons. The molecule has 0 aliphatic carbocycles. The van der Waals surface area contributed by atoms with Gasteiger partial charge in [-0.1, -0.05) is 89.7 Å². The Bertz CT molecular complexity index is 456. The second-order valence-electron chi connectivity index (χ2n) is 7.33. The van der Waals surface area contributed by atoms with E-state index in [2.05, 4.69) is 18.7 Å². The highest BCUT2D eigenvalue weighted by Gasteiger charge is 2.15. The zero-order chi connectivity index (χ0) is 19.0. The van der Waals surface area contributed by atoms with Crippen molar-refractivity contribution in [3.63, 3.8) is 0 Å². The van der Waals surface area contributed by atoms with Crippen molar-refractivity contribution in [3.8, 4) is 0 Å². The Morgan fingerprint density at radius 1 is 0.731 bits per heavy atom. The molecule has 1 rings (SSSR count). The smallest absolute Gasteiger partial charge is 0.253 e. The van der Waals surface area contributed by atoms with E-state index in [1.165, 1.54) is 64.2 Å². The summed E-state index contributed by atoms with van der Waals surface area (Å²) in [4.78, 5) is 14.9. The lowest BCUT2D eigenvalue weighted by Crippen LogP contribution is -2.33. The molecule has 1 aromatic rings. The first-order chi connectivity index (χ1) is 12.7. The van der Waals surface area contributed by atoms with E-state index in [0.717, 1.165) is 31.5 Å². The molecule has 0 fully saturated rings. The summed E-state index contributed by atoms with van der Waals surface area (Å²) in [5.74, 6) is 0.156. The van der Waals surface area contributed by atoms with Crippen LogP contribution in [0, 0.1) is 0 Å². The number of carbonyl (C=O) groups is 1. The molecule has 3 heteroatoms. The molecule has 0 bridgehead atoms. The quantitative estimate of drug-likeness (QED) is 0.289. The molecular weight excluding hydrogens is 342 g/mol. The topological polar surface area (TPSA) is 20.3 Å². The van der Waals surface area contributed by atoms with Crippen LogP contribution < -0.4 is 0 Å². The van der Waals surface area contributed by atoms with Crippen molar-refractivity contribution >= 4 is 17.5 Å². The van der Waals surface area contributed by atoms with Crippen molar-refractivity contribution in [1.29, 1.82) is 0 Å². The van der Waals surface area contributed by atoms with E-state index in [-0.39, 0.29) is 5.91 Å². The first-order valence-corrected chi connectivity index (χ1v) is 11.1. The van der Waals surface area contributed by atoms with Gasteiger partial charge in [0.05, 0.1) is 0 Å². The fourth-order valence-corrected chi connectivity index (χ4v) is 3.38. The third kappa shape index (κ3) is 10.2. The molecule has 2 nitrogen and oxygen atoms in total. The van der Waals surface area contributed by atoms with Crippen LogP contribution >= 0.6 is 11.6 Å². The van der Waals surface area contributed by atoms with Crippen molar-refractivity contribution < 1.29 is 4.79 Å². The maximum Gasteiger partial charge on any atom is 0.253 e. The highest BCUT2D eigenvalue weighted by molar-refractivity contribution is 6.30. The third-order valence-electron chi connectivity index (χ3n) is 4.94. The van der Waals surface area contributed by atoms with Gasteiger partial charge in [0.25, 0.3) is 5.91 Å². The van der Waals surface area contributed by atoms with E-state index in [1.54, 1.807) is 0 Å². The van der Waals surface area contributed by atoms with Gasteiger partial charge in [0.15, 0.2) is 0 Å². The summed E-state index contributed by atoms with van der Waals surface area (Å²) >= 11 is 5.96. The molecular formula is C23H38ClNO. The molecule has 148 valence electrons. The number of hydrogen-bond donors (Lipinski definition) is 0. The Kier molecular flexibility index (Phi) is 13.4. The summed E-state index contributed by atoms with van der Waals surface area (Å²) in [6.45, 7) is 6.24. The van der Waals surface area contributed by atoms with Crippen LogP contribution in [0.4, 0.5) is 0 Å². The summed E-state index contributed by atoms with van der Waals surface area (Å²) in [6, 6.07) is 7.31. The first kappa shape index (κ1) is 23.0. The van der Waals surface area contributed by atoms with Gasteiger partial charge in [0.2, 0.25) is 0 Å². The molecule has 0 saturated heterocycles. The van der Waals surface area contributed by atoms with Gasteiger partial charge in [0, 0.05) is 23.7 Å². The van der Waals surface area contributed by atoms with Gasteiger partial charge in [0.1, 0.15) is 0 Å². The molecule has 1 amide bonds. The number of halogens is 1. The minimum atomic E-state index is 0.156. The van der Waals surface area contributed by atoms with Crippen LogP contribution in [0.3, 0.4) is 0 Å². The standard InChI is InChI=1S/C23H38ClNO/c1-3-5-7-9-11-13-19-25(20-14-12-10-8-6-4-2)23(26)21-15-17-22(24)18-16-21/h15-18H,3-14,19-20H2,1-2H3. The zero-order valence-electron chi connectivity index (χ0n) is 16.9. The van der Waals surface area contributed by atoms with Crippen LogP contribution in [0.2, 0.25) is 5.02 Å². The minimum Gasteiger partial charge on any atom is -0.339 e. The maximum absolute atomic E-state index is 12.9. The number of hydrogen-bond acceptors (Lipinski definition) is 1. The normalized spacial score (nSPS) is 10.9. The van der Waals surface area contributed by atoms with Crippen LogP contribution in [0.5, 0.6) is 0 Å². The van der Waals surface area contributed by atoms with Crippen molar-refractivity contribution in [2.24, 2.45) is 0 Å². The van der Waals surface area contributed by atoms with Gasteiger partial charge in [-0.3, -0.25) is 4.79 Å². The highest BCUT2D eigenvalue weighted by Crippen LogP contribution is 2.14. The minimum absolute atomic E-state index is 0.156. The van der Waals surface area contributed by atoms with E-state index in [9.17, 15) is 4.79 Å². The van der Waals surface area contributed by atoms with Crippen molar-refractivity contribution in [1.82, 2.24) is 4.90 Å². The van der Waals surface area contributed by atoms with E-state index in [4.69, 9.17) is 11.6 Å². The molecule has 0 spiro atoms. The first-order valence-electron chi connectivity index (χ1n) is 10.7. The van der Waals surface area contributed by atoms with Crippen LogP contribution in [0.25, 0.3) is 0 Å². The Labute approximate surface area is 166 Å². The van der Waals surface area contributed by atoms with Crippen LogP contribution in [-0.4, -0.2) is 23.9 Å². The van der Waals surface area contributed by atoms with E-state index in [0.29, 0.717) is 5.02 Å². The molecule has 0 aliphatic heterocycles. The van der Waals surface area contributed by atoms with Gasteiger partial charge < -0.3 is 4.90 Å². The van der Waals surface area contributed by atoms with Crippen LogP contribution in [-0.2, 0) is 0 Å². The fourth-order valence-electron chi connectivity index (χ4n) is 3.26. The number of unbranched alkanes of at least 4 members (excludes halogenated alkanes) is 10. The lowest BCUT2D eigenvalue weighted by Gasteiger charge is -2.23. The van der Waals surface area contributed by atoms with Crippen molar-refractivity contribution in [3.05, 3.63) is 34.9 Å². The summed E-state index contributed by atoms with van der Waals surface area (Å²) in [5, 5.41) is 0.681. The lowest BCUT2D eigenvalue weighted by atomic mass is 10.1. The van der Waals surface area contributed by atoms with E-state index >= 15 is 0 Å². The molecule has 0 heterocycles. The molecule has 0 aromatic heterocycles. The van der Waals surface area contributed by atoms with Gasteiger partial charge in [-0.15, -0.1) is 0 Å². The summed E-state index contributed by atoms with van der Waals surface area (Å²) < 4.78 is 0. The molecule has 0 N–H and O–H groups in total. The Balaban J connectivity index is 2.45. The molecule has 1 aromatic carbocycles. The van der Waals surface area contributed by atoms with Gasteiger partial charge in [-0.25, -0.2) is 0 Å². The molecule has 0 atom stereocenters. The highest BCUT2D eigenvalue weighted by atomic mass is 35.5. The number of benzene rings is 1. The average Bonchev–Trinajstić information content (AvgIpc) is 2.65. The summed E-state index contributed by atoms with van der Waals surface area (Å²) in [5.41, 5.74) is 0.756. The van der Waals surface area contributed by atoms with E-state index in [1.807, 2.05) is 24.3 Å². The van der Waals surface area contributed by atoms with Crippen LogP contribution in [0.15, 0.2) is 24.3 Å². The Morgan fingerprint density at radius 3 is 1.62 bits per heavy atom. The number of carbonyl (C=O) groups excluding carboxylic acids is 1. The van der Waals surface area contributed by atoms with Crippen molar-refractivity contribution in [2.75, 3.05) is 13.1 Å². The lowest BCUT2D eigenvalue weighted by molar-refractivity contribution is 0.0749. The SMILES string of the molecule is CCCCCCCCN(CCCCCCCC)C(=O)c1ccc(Cl)cc1. The van der Waals surface area contributed by atoms with Gasteiger partial charge >= 0.3 is 0 Å². The van der Waals surface area contributed by atoms with E-state index < -0.39 is 0 Å². The number of nitrogens with zero attached hydrogens (tertiary/aromatic N) is 1. The van der Waals surface area contributed by atoms with Gasteiger partial charge in [-0.2, -0.15) is 0 Å². The number of rotatable bonds is 15. The molecule has 0 aliphatic rings. The third-order valence-corrected chi connectivity index (χ3v) is 5.19. The monoisotopic (exact) mass is 379 g/mol. The Hall–Kier alpha value is -1.02. The van der Waals surface area contributed by atoms with Gasteiger partial charge in [-0.05, 0) is 37.1 Å². The predicted molar refractivity (Wildman–Crippen MR) is 114 cm³/mol. The Morgan fingerprint density at radius 2 is 1.15 bits per heavy atom.